The Morgan fingerprint density at radius 2 is 2.42 bits per heavy atom. The van der Waals surface area contributed by atoms with Gasteiger partial charge in [0.1, 0.15) is 0 Å². The summed E-state index contributed by atoms with van der Waals surface area (Å²) in [6.45, 7) is 3.78. The van der Waals surface area contributed by atoms with Crippen LogP contribution in [0.5, 0.6) is 0 Å². The monoisotopic (exact) mass is 167 g/mol. The van der Waals surface area contributed by atoms with Gasteiger partial charge >= 0.3 is 0 Å². The molecule has 1 fully saturated rings. The van der Waals surface area contributed by atoms with Crippen LogP contribution < -0.4 is 0 Å². The number of β-lactam (4-membered cyclic amide) rings is 1. The van der Waals surface area contributed by atoms with Crippen molar-refractivity contribution in [3.63, 3.8) is 0 Å². The van der Waals surface area contributed by atoms with Crippen LogP contribution in [0.1, 0.15) is 20.3 Å². The van der Waals surface area contributed by atoms with Crippen molar-refractivity contribution in [1.82, 2.24) is 4.90 Å². The molecular weight excluding hydrogens is 154 g/mol. The van der Waals surface area contributed by atoms with Gasteiger partial charge in [0.05, 0.1) is 12.1 Å². The van der Waals surface area contributed by atoms with Gasteiger partial charge in [-0.3, -0.25) is 4.79 Å². The number of carbonyl (C=O) groups excluding carboxylic acids is 1. The van der Waals surface area contributed by atoms with Gasteiger partial charge in [0, 0.05) is 12.1 Å². The van der Waals surface area contributed by atoms with Gasteiger partial charge in [0.2, 0.25) is 5.91 Å². The van der Waals surface area contributed by atoms with Crippen LogP contribution in [-0.4, -0.2) is 28.1 Å². The topological polar surface area (TPSA) is 40.5 Å². The van der Waals surface area contributed by atoms with Gasteiger partial charge in [0.25, 0.3) is 0 Å². The number of hydrogen-bond acceptors (Lipinski definition) is 2. The van der Waals surface area contributed by atoms with Gasteiger partial charge in [-0.1, -0.05) is 13.0 Å². The molecule has 0 aromatic rings. The van der Waals surface area contributed by atoms with Crippen molar-refractivity contribution in [2.45, 2.75) is 32.4 Å². The Kier molecular flexibility index (Phi) is 1.51. The molecule has 0 saturated carbocycles. The van der Waals surface area contributed by atoms with Crippen LogP contribution in [0.4, 0.5) is 0 Å². The van der Waals surface area contributed by atoms with E-state index in [2.05, 4.69) is 6.92 Å². The summed E-state index contributed by atoms with van der Waals surface area (Å²) in [5.41, 5.74) is 0.795. The Hall–Kier alpha value is -0.830. The second-order valence-corrected chi connectivity index (χ2v) is 3.66. The fourth-order valence-corrected chi connectivity index (χ4v) is 2.00. The van der Waals surface area contributed by atoms with E-state index in [9.17, 15) is 9.90 Å². The number of carbonyl (C=O) groups is 1. The highest BCUT2D eigenvalue weighted by Crippen LogP contribution is 2.38. The zero-order valence-corrected chi connectivity index (χ0v) is 7.32. The van der Waals surface area contributed by atoms with E-state index >= 15 is 0 Å². The number of fused-ring (bicyclic) bond motifs is 1. The zero-order chi connectivity index (χ0) is 8.88. The van der Waals surface area contributed by atoms with E-state index in [0.717, 1.165) is 5.70 Å². The van der Waals surface area contributed by atoms with Crippen molar-refractivity contribution in [1.29, 1.82) is 0 Å². The van der Waals surface area contributed by atoms with E-state index < -0.39 is 6.10 Å². The molecule has 12 heavy (non-hydrogen) atoms. The van der Waals surface area contributed by atoms with E-state index in [-0.39, 0.29) is 5.91 Å². The maximum Gasteiger partial charge on any atom is 0.229 e. The first kappa shape index (κ1) is 7.80. The predicted octanol–water partition coefficient (Wildman–Crippen LogP) is 0.502. The third-order valence-corrected chi connectivity index (χ3v) is 2.73. The number of hydrogen-bond donors (Lipinski definition) is 1. The summed E-state index contributed by atoms with van der Waals surface area (Å²) in [7, 11) is 0. The molecule has 3 heteroatoms. The van der Waals surface area contributed by atoms with Crippen LogP contribution in [0, 0.1) is 5.92 Å². The van der Waals surface area contributed by atoms with Crippen LogP contribution in [0.15, 0.2) is 11.8 Å². The van der Waals surface area contributed by atoms with Crippen molar-refractivity contribution >= 4 is 5.91 Å². The van der Waals surface area contributed by atoms with Crippen molar-refractivity contribution in [3.05, 3.63) is 11.8 Å². The van der Waals surface area contributed by atoms with Crippen LogP contribution in [0.25, 0.3) is 0 Å². The first-order valence-corrected chi connectivity index (χ1v) is 4.33. The average molecular weight is 167 g/mol. The predicted molar refractivity (Wildman–Crippen MR) is 44.2 cm³/mol. The minimum absolute atomic E-state index is 0.150. The Balaban J connectivity index is 2.23. The molecule has 3 atom stereocenters. The largest absolute Gasteiger partial charge is 0.387 e. The summed E-state index contributed by atoms with van der Waals surface area (Å²) >= 11 is 0. The van der Waals surface area contributed by atoms with E-state index in [1.807, 2.05) is 6.08 Å². The molecular formula is C9H13NO2. The summed E-state index contributed by atoms with van der Waals surface area (Å²) in [4.78, 5) is 12.9. The van der Waals surface area contributed by atoms with Gasteiger partial charge < -0.3 is 10.0 Å². The Labute approximate surface area is 71.7 Å². The fraction of sp³-hybridized carbons (Fsp3) is 0.667. The molecule has 2 rings (SSSR count). The maximum absolute atomic E-state index is 11.1. The lowest BCUT2D eigenvalue weighted by atomic mass is 9.94. The second kappa shape index (κ2) is 2.33. The zero-order valence-electron chi connectivity index (χ0n) is 7.32. The quantitative estimate of drug-likeness (QED) is 0.578. The summed E-state index contributed by atoms with van der Waals surface area (Å²) in [5, 5.41) is 9.35. The minimum Gasteiger partial charge on any atom is -0.387 e. The van der Waals surface area contributed by atoms with E-state index in [4.69, 9.17) is 0 Å². The molecule has 2 aliphatic heterocycles. The summed E-state index contributed by atoms with van der Waals surface area (Å²) in [5.74, 6) is 0.559. The highest BCUT2D eigenvalue weighted by atomic mass is 16.3. The molecule has 3 unspecified atom stereocenters. The molecule has 2 heterocycles. The van der Waals surface area contributed by atoms with Crippen LogP contribution in [0.2, 0.25) is 0 Å². The van der Waals surface area contributed by atoms with Crippen molar-refractivity contribution in [3.8, 4) is 0 Å². The molecule has 1 amide bonds. The molecule has 0 aromatic heterocycles. The van der Waals surface area contributed by atoms with Gasteiger partial charge in [-0.05, 0) is 12.8 Å². The highest BCUT2D eigenvalue weighted by Gasteiger charge is 2.46. The second-order valence-electron chi connectivity index (χ2n) is 3.66. The lowest BCUT2D eigenvalue weighted by Gasteiger charge is -2.39. The first-order chi connectivity index (χ1) is 5.61. The van der Waals surface area contributed by atoms with Crippen LogP contribution in [0.3, 0.4) is 0 Å². The number of aliphatic hydroxyl groups excluding tert-OH is 1. The summed E-state index contributed by atoms with van der Waals surface area (Å²) in [6, 6.07) is 0.335. The van der Waals surface area contributed by atoms with Gasteiger partial charge in [-0.25, -0.2) is 0 Å². The normalized spacial score (nSPS) is 35.8. The number of amides is 1. The molecule has 0 spiro atoms. The van der Waals surface area contributed by atoms with Gasteiger partial charge in [-0.2, -0.15) is 0 Å². The number of rotatable bonds is 1. The molecule has 3 nitrogen and oxygen atoms in total. The van der Waals surface area contributed by atoms with Crippen LogP contribution in [-0.2, 0) is 4.79 Å². The number of aliphatic hydroxyl groups is 1. The van der Waals surface area contributed by atoms with E-state index in [1.54, 1.807) is 11.8 Å². The van der Waals surface area contributed by atoms with Gasteiger partial charge in [0.15, 0.2) is 0 Å². The summed E-state index contributed by atoms with van der Waals surface area (Å²) < 4.78 is 0. The molecule has 66 valence electrons. The summed E-state index contributed by atoms with van der Waals surface area (Å²) in [6.07, 6.45) is 2.13. The van der Waals surface area contributed by atoms with Crippen molar-refractivity contribution in [2.75, 3.05) is 0 Å². The third-order valence-electron chi connectivity index (χ3n) is 2.73. The molecule has 1 saturated heterocycles. The lowest BCUT2D eigenvalue weighted by molar-refractivity contribution is -0.143. The fourth-order valence-electron chi connectivity index (χ4n) is 2.00. The smallest absolute Gasteiger partial charge is 0.229 e. The molecule has 0 radical (unpaired) electrons. The first-order valence-electron chi connectivity index (χ1n) is 4.33. The Morgan fingerprint density at radius 3 is 2.83 bits per heavy atom. The Bertz CT molecular complexity index is 257. The maximum atomic E-state index is 11.1. The average Bonchev–Trinajstić information content (AvgIpc) is 2.22. The third kappa shape index (κ3) is 0.829. The lowest BCUT2D eigenvalue weighted by Crippen LogP contribution is -2.52. The van der Waals surface area contributed by atoms with Crippen molar-refractivity contribution in [2.24, 2.45) is 5.92 Å². The van der Waals surface area contributed by atoms with Crippen molar-refractivity contribution < 1.29 is 9.90 Å². The molecule has 1 N–H and O–H groups in total. The standard InChI is InChI=1S/C9H13NO2/c1-5-3-8(6(2)11)10-7(5)4-9(10)12/h3,5-7,11H,4H2,1-2H3. The van der Waals surface area contributed by atoms with E-state index in [1.165, 1.54) is 0 Å². The van der Waals surface area contributed by atoms with E-state index in [0.29, 0.717) is 18.4 Å². The van der Waals surface area contributed by atoms with Gasteiger partial charge in [-0.15, -0.1) is 0 Å². The molecule has 0 aromatic carbocycles. The SMILES string of the molecule is CC(O)C1=CC(C)C2CC(=O)N12. The minimum atomic E-state index is -0.512. The molecule has 0 aliphatic carbocycles. The van der Waals surface area contributed by atoms with Crippen LogP contribution >= 0.6 is 0 Å². The highest BCUT2D eigenvalue weighted by molar-refractivity contribution is 5.86. The molecule has 0 bridgehead atoms. The Morgan fingerprint density at radius 1 is 1.75 bits per heavy atom. The molecule has 2 aliphatic rings. The number of nitrogens with zero attached hydrogens (tertiary/aromatic N) is 1.